The van der Waals surface area contributed by atoms with Crippen molar-refractivity contribution in [3.8, 4) is 0 Å². The van der Waals surface area contributed by atoms with Crippen molar-refractivity contribution >= 4 is 40.4 Å². The summed E-state index contributed by atoms with van der Waals surface area (Å²) in [6.45, 7) is 7.57. The number of hydrogen-bond donors (Lipinski definition) is 3. The lowest BCUT2D eigenvalue weighted by Gasteiger charge is -2.24. The van der Waals surface area contributed by atoms with Crippen LogP contribution in [0.25, 0.3) is 0 Å². The first-order valence-electron chi connectivity index (χ1n) is 6.28. The molecule has 0 saturated carbocycles. The van der Waals surface area contributed by atoms with Crippen LogP contribution in [0, 0.1) is 0 Å². The van der Waals surface area contributed by atoms with E-state index in [2.05, 4.69) is 10.6 Å². The number of benzene rings is 1. The standard InChI is InChI=1S/C14H20ClN3OS/c1-8(13(19)18-14(2,3)4)17-11-6-5-9(12(16)20)7-10(11)15/h5-8,17H,1-4H3,(H2,16,20)(H,18,19). The van der Waals surface area contributed by atoms with Crippen LogP contribution in [0.2, 0.25) is 5.02 Å². The van der Waals surface area contributed by atoms with Crippen LogP contribution in [0.4, 0.5) is 5.69 Å². The SMILES string of the molecule is CC(Nc1ccc(C(N)=S)cc1Cl)C(=O)NC(C)(C)C. The molecular weight excluding hydrogens is 294 g/mol. The highest BCUT2D eigenvalue weighted by molar-refractivity contribution is 7.80. The van der Waals surface area contributed by atoms with E-state index in [0.29, 0.717) is 16.3 Å². The van der Waals surface area contributed by atoms with Crippen molar-refractivity contribution in [3.05, 3.63) is 28.8 Å². The first-order valence-corrected chi connectivity index (χ1v) is 7.06. The molecule has 0 bridgehead atoms. The molecule has 0 fully saturated rings. The summed E-state index contributed by atoms with van der Waals surface area (Å²) in [6, 6.07) is 4.81. The van der Waals surface area contributed by atoms with Crippen LogP contribution in [0.1, 0.15) is 33.3 Å². The molecule has 110 valence electrons. The number of hydrogen-bond acceptors (Lipinski definition) is 3. The molecular formula is C14H20ClN3OS. The average Bonchev–Trinajstić information content (AvgIpc) is 2.29. The quantitative estimate of drug-likeness (QED) is 0.748. The van der Waals surface area contributed by atoms with Crippen molar-refractivity contribution < 1.29 is 4.79 Å². The maximum absolute atomic E-state index is 12.0. The fraction of sp³-hybridized carbons (Fsp3) is 0.429. The monoisotopic (exact) mass is 313 g/mol. The summed E-state index contributed by atoms with van der Waals surface area (Å²) in [6.07, 6.45) is 0. The smallest absolute Gasteiger partial charge is 0.242 e. The van der Waals surface area contributed by atoms with Crippen molar-refractivity contribution in [1.29, 1.82) is 0 Å². The second-order valence-corrected chi connectivity index (χ2v) is 6.51. The van der Waals surface area contributed by atoms with E-state index in [1.54, 1.807) is 25.1 Å². The largest absolute Gasteiger partial charge is 0.389 e. The van der Waals surface area contributed by atoms with Gasteiger partial charge in [0.1, 0.15) is 11.0 Å². The van der Waals surface area contributed by atoms with Crippen molar-refractivity contribution in [3.63, 3.8) is 0 Å². The number of nitrogens with one attached hydrogen (secondary N) is 2. The van der Waals surface area contributed by atoms with E-state index in [0.717, 1.165) is 0 Å². The molecule has 0 spiro atoms. The van der Waals surface area contributed by atoms with E-state index < -0.39 is 6.04 Å². The Morgan fingerprint density at radius 1 is 1.40 bits per heavy atom. The minimum atomic E-state index is -0.401. The molecule has 0 aliphatic carbocycles. The van der Waals surface area contributed by atoms with E-state index in [1.807, 2.05) is 20.8 Å². The first-order chi connectivity index (χ1) is 9.10. The Kier molecular flexibility index (Phi) is 5.36. The van der Waals surface area contributed by atoms with Gasteiger partial charge in [-0.05, 0) is 45.9 Å². The molecule has 1 atom stereocenters. The summed E-state index contributed by atoms with van der Waals surface area (Å²) in [5.41, 5.74) is 6.63. The van der Waals surface area contributed by atoms with E-state index in [9.17, 15) is 4.79 Å². The maximum atomic E-state index is 12.0. The number of halogens is 1. The lowest BCUT2D eigenvalue weighted by atomic mass is 10.1. The number of rotatable bonds is 4. The fourth-order valence-corrected chi connectivity index (χ4v) is 1.92. The second-order valence-electron chi connectivity index (χ2n) is 5.66. The van der Waals surface area contributed by atoms with Crippen LogP contribution in [0.5, 0.6) is 0 Å². The topological polar surface area (TPSA) is 67.1 Å². The lowest BCUT2D eigenvalue weighted by Crippen LogP contribution is -2.47. The average molecular weight is 314 g/mol. The van der Waals surface area contributed by atoms with Crippen LogP contribution in [0.3, 0.4) is 0 Å². The van der Waals surface area contributed by atoms with Gasteiger partial charge < -0.3 is 16.4 Å². The van der Waals surface area contributed by atoms with E-state index in [1.165, 1.54) is 0 Å². The van der Waals surface area contributed by atoms with Gasteiger partial charge >= 0.3 is 0 Å². The number of nitrogens with two attached hydrogens (primary N) is 1. The predicted molar refractivity (Wildman–Crippen MR) is 88.3 cm³/mol. The van der Waals surface area contributed by atoms with Crippen molar-refractivity contribution in [2.75, 3.05) is 5.32 Å². The van der Waals surface area contributed by atoms with Gasteiger partial charge in [-0.25, -0.2) is 0 Å². The van der Waals surface area contributed by atoms with Crippen molar-refractivity contribution in [2.45, 2.75) is 39.3 Å². The zero-order chi connectivity index (χ0) is 15.5. The molecule has 4 N–H and O–H groups in total. The molecule has 0 saturated heterocycles. The Labute approximate surface area is 130 Å². The van der Waals surface area contributed by atoms with Crippen LogP contribution in [-0.4, -0.2) is 22.5 Å². The molecule has 0 aliphatic rings. The number of carbonyl (C=O) groups is 1. The minimum Gasteiger partial charge on any atom is -0.389 e. The molecule has 4 nitrogen and oxygen atoms in total. The Balaban J connectivity index is 2.78. The number of anilines is 1. The van der Waals surface area contributed by atoms with Crippen LogP contribution < -0.4 is 16.4 Å². The number of carbonyl (C=O) groups excluding carboxylic acids is 1. The molecule has 0 aliphatic heterocycles. The van der Waals surface area contributed by atoms with E-state index >= 15 is 0 Å². The van der Waals surface area contributed by atoms with Gasteiger partial charge in [0.2, 0.25) is 5.91 Å². The summed E-state index contributed by atoms with van der Waals surface area (Å²) in [4.78, 5) is 12.3. The highest BCUT2D eigenvalue weighted by Crippen LogP contribution is 2.23. The summed E-state index contributed by atoms with van der Waals surface area (Å²) in [7, 11) is 0. The molecule has 1 aromatic rings. The summed E-state index contributed by atoms with van der Waals surface area (Å²) < 4.78 is 0. The third kappa shape index (κ3) is 4.98. The third-order valence-electron chi connectivity index (χ3n) is 2.52. The van der Waals surface area contributed by atoms with E-state index in [-0.39, 0.29) is 16.4 Å². The summed E-state index contributed by atoms with van der Waals surface area (Å²) in [5.74, 6) is -0.0908. The highest BCUT2D eigenvalue weighted by Gasteiger charge is 2.19. The normalized spacial score (nSPS) is 12.7. The second kappa shape index (κ2) is 6.41. The van der Waals surface area contributed by atoms with Gasteiger partial charge in [0.25, 0.3) is 0 Å². The maximum Gasteiger partial charge on any atom is 0.242 e. The van der Waals surface area contributed by atoms with E-state index in [4.69, 9.17) is 29.6 Å². The third-order valence-corrected chi connectivity index (χ3v) is 3.07. The van der Waals surface area contributed by atoms with Crippen LogP contribution in [0.15, 0.2) is 18.2 Å². The van der Waals surface area contributed by atoms with Crippen molar-refractivity contribution in [2.24, 2.45) is 5.73 Å². The van der Waals surface area contributed by atoms with Gasteiger partial charge in [-0.15, -0.1) is 0 Å². The number of amides is 1. The molecule has 0 aromatic heterocycles. The molecule has 1 amide bonds. The summed E-state index contributed by atoms with van der Waals surface area (Å²) in [5, 5.41) is 6.45. The van der Waals surface area contributed by atoms with Crippen LogP contribution >= 0.6 is 23.8 Å². The minimum absolute atomic E-state index is 0.0908. The number of thiocarbonyl (C=S) groups is 1. The molecule has 6 heteroatoms. The van der Waals surface area contributed by atoms with Crippen molar-refractivity contribution in [1.82, 2.24) is 5.32 Å². The van der Waals surface area contributed by atoms with Gasteiger partial charge in [-0.3, -0.25) is 4.79 Å². The molecule has 0 heterocycles. The molecule has 20 heavy (non-hydrogen) atoms. The zero-order valence-electron chi connectivity index (χ0n) is 12.1. The van der Waals surface area contributed by atoms with Gasteiger partial charge in [0, 0.05) is 11.1 Å². The molecule has 0 radical (unpaired) electrons. The highest BCUT2D eigenvalue weighted by atomic mass is 35.5. The fourth-order valence-electron chi connectivity index (χ4n) is 1.56. The Hall–Kier alpha value is -1.33. The Bertz CT molecular complexity index is 526. The first kappa shape index (κ1) is 16.7. The van der Waals surface area contributed by atoms with Gasteiger partial charge in [-0.1, -0.05) is 23.8 Å². The summed E-state index contributed by atoms with van der Waals surface area (Å²) >= 11 is 11.0. The lowest BCUT2D eigenvalue weighted by molar-refractivity contribution is -0.122. The predicted octanol–water partition coefficient (Wildman–Crippen LogP) is 2.69. The van der Waals surface area contributed by atoms with Gasteiger partial charge in [0.05, 0.1) is 10.7 Å². The zero-order valence-corrected chi connectivity index (χ0v) is 13.7. The Morgan fingerprint density at radius 2 is 2.00 bits per heavy atom. The van der Waals surface area contributed by atoms with Gasteiger partial charge in [-0.2, -0.15) is 0 Å². The van der Waals surface area contributed by atoms with Gasteiger partial charge in [0.15, 0.2) is 0 Å². The Morgan fingerprint density at radius 3 is 2.45 bits per heavy atom. The molecule has 1 rings (SSSR count). The van der Waals surface area contributed by atoms with Crippen LogP contribution in [-0.2, 0) is 4.79 Å². The molecule has 1 unspecified atom stereocenters. The molecule has 1 aromatic carbocycles.